The Kier molecular flexibility index (Phi) is 0.844. The van der Waals surface area contributed by atoms with Gasteiger partial charge in [0.2, 0.25) is 0 Å². The molecular formula is C2H5N3O2. The highest BCUT2D eigenvalue weighted by Crippen LogP contribution is 1.91. The summed E-state index contributed by atoms with van der Waals surface area (Å²) >= 11 is 0. The van der Waals surface area contributed by atoms with E-state index in [0.717, 1.165) is 11.4 Å². The lowest BCUT2D eigenvalue weighted by Gasteiger charge is -2.03. The Hall–Kier alpha value is -0.810. The Labute approximate surface area is 40.0 Å². The molecule has 0 spiro atoms. The molecule has 0 aromatic heterocycles. The van der Waals surface area contributed by atoms with E-state index in [2.05, 4.69) is 5.10 Å². The predicted molar refractivity (Wildman–Crippen MR) is 20.6 cm³/mol. The maximum atomic E-state index is 8.38. The van der Waals surface area contributed by atoms with Crippen molar-refractivity contribution in [1.82, 2.24) is 10.2 Å². The minimum atomic E-state index is 0.0278. The first-order valence-corrected chi connectivity index (χ1v) is 1.75. The van der Waals surface area contributed by atoms with Crippen molar-refractivity contribution >= 4 is 6.34 Å². The Balaban J connectivity index is 2.42. The molecule has 1 rings (SSSR count). The largest absolute Gasteiger partial charge is 0.286 e. The first-order chi connectivity index (χ1) is 3.29. The molecule has 0 saturated carbocycles. The van der Waals surface area contributed by atoms with E-state index >= 15 is 0 Å². The molecule has 0 radical (unpaired) electrons. The molecule has 0 fully saturated rings. The molecule has 5 heteroatoms. The summed E-state index contributed by atoms with van der Waals surface area (Å²) in [6.45, 7) is 0.0278. The van der Waals surface area contributed by atoms with Crippen molar-refractivity contribution in [3.63, 3.8) is 0 Å². The average molecular weight is 103 g/mol. The van der Waals surface area contributed by atoms with E-state index in [1.807, 2.05) is 0 Å². The van der Waals surface area contributed by atoms with Crippen LogP contribution in [0.2, 0.25) is 0 Å². The normalized spacial score (nSPS) is 19.1. The average Bonchev–Trinajstić information content (AvgIpc) is 1.87. The molecule has 1 heterocycles. The molecule has 0 bridgehead atoms. The van der Waals surface area contributed by atoms with Gasteiger partial charge in [-0.2, -0.15) is 5.17 Å². The third-order valence-corrected chi connectivity index (χ3v) is 0.590. The second-order valence-corrected chi connectivity index (χ2v) is 1.18. The molecule has 0 aromatic rings. The van der Waals surface area contributed by atoms with E-state index in [9.17, 15) is 0 Å². The first-order valence-electron chi connectivity index (χ1n) is 1.75. The predicted octanol–water partition coefficient (Wildman–Crippen LogP) is -0.717. The van der Waals surface area contributed by atoms with Crippen LogP contribution < -0.4 is 0 Å². The second kappa shape index (κ2) is 1.36. The molecule has 40 valence electrons. The van der Waals surface area contributed by atoms with Gasteiger partial charge < -0.3 is 0 Å². The van der Waals surface area contributed by atoms with Gasteiger partial charge in [0.05, 0.1) is 0 Å². The van der Waals surface area contributed by atoms with E-state index in [1.54, 1.807) is 0 Å². The zero-order valence-corrected chi connectivity index (χ0v) is 3.52. The van der Waals surface area contributed by atoms with Gasteiger partial charge in [-0.1, -0.05) is 0 Å². The van der Waals surface area contributed by atoms with E-state index in [-0.39, 0.29) is 6.67 Å². The molecule has 1 aliphatic rings. The Morgan fingerprint density at radius 2 is 2.29 bits per heavy atom. The molecule has 0 aliphatic carbocycles. The molecule has 7 heavy (non-hydrogen) atoms. The van der Waals surface area contributed by atoms with Crippen LogP contribution in [0, 0.1) is 0 Å². The van der Waals surface area contributed by atoms with Crippen LogP contribution in [0.25, 0.3) is 0 Å². The highest BCUT2D eigenvalue weighted by Gasteiger charge is 2.05. The summed E-state index contributed by atoms with van der Waals surface area (Å²) in [7, 11) is 0. The van der Waals surface area contributed by atoms with Crippen molar-refractivity contribution in [3.8, 4) is 0 Å². The van der Waals surface area contributed by atoms with Crippen LogP contribution in [0.15, 0.2) is 5.10 Å². The lowest BCUT2D eigenvalue weighted by molar-refractivity contribution is -0.145. The summed E-state index contributed by atoms with van der Waals surface area (Å²) < 4.78 is 0. The van der Waals surface area contributed by atoms with Crippen LogP contribution in [0.5, 0.6) is 0 Å². The Morgan fingerprint density at radius 1 is 1.57 bits per heavy atom. The molecule has 0 amide bonds. The number of nitrogens with zero attached hydrogens (tertiary/aromatic N) is 3. The highest BCUT2D eigenvalue weighted by molar-refractivity contribution is 5.53. The lowest BCUT2D eigenvalue weighted by atomic mass is 11.1. The third-order valence-electron chi connectivity index (χ3n) is 0.590. The number of hydrogen-bond donors (Lipinski definition) is 2. The highest BCUT2D eigenvalue weighted by atomic mass is 16.6. The van der Waals surface area contributed by atoms with Gasteiger partial charge in [0.25, 0.3) is 0 Å². The van der Waals surface area contributed by atoms with Gasteiger partial charge in [-0.25, -0.2) is 5.06 Å². The van der Waals surface area contributed by atoms with Crippen molar-refractivity contribution in [2.75, 3.05) is 6.67 Å². The summed E-state index contributed by atoms with van der Waals surface area (Å²) in [6, 6.07) is 0. The smallest absolute Gasteiger partial charge is 0.162 e. The fraction of sp³-hybridized carbons (Fsp3) is 0.500. The summed E-state index contributed by atoms with van der Waals surface area (Å²) in [4.78, 5) is 0. The third kappa shape index (κ3) is 0.787. The van der Waals surface area contributed by atoms with Crippen LogP contribution in [-0.2, 0) is 0 Å². The maximum absolute atomic E-state index is 8.38. The Bertz CT molecular complexity index is 82.9. The van der Waals surface area contributed by atoms with Gasteiger partial charge >= 0.3 is 0 Å². The molecule has 5 nitrogen and oxygen atoms in total. The lowest BCUT2D eigenvalue weighted by Crippen LogP contribution is -2.20. The van der Waals surface area contributed by atoms with Gasteiger partial charge in [0, 0.05) is 0 Å². The standard InChI is InChI=1S/C2H5N3O2/c6-4-1-3-5(7)2-4/h1,6-7H,2H2. The van der Waals surface area contributed by atoms with Crippen LogP contribution in [0.3, 0.4) is 0 Å². The van der Waals surface area contributed by atoms with Gasteiger partial charge in [-0.15, -0.1) is 5.10 Å². The molecule has 0 atom stereocenters. The van der Waals surface area contributed by atoms with Crippen molar-refractivity contribution in [2.24, 2.45) is 5.10 Å². The van der Waals surface area contributed by atoms with E-state index in [4.69, 9.17) is 10.4 Å². The minimum absolute atomic E-state index is 0.0278. The zero-order valence-electron chi connectivity index (χ0n) is 3.52. The topological polar surface area (TPSA) is 59.3 Å². The monoisotopic (exact) mass is 103 g/mol. The number of hydroxylamine groups is 3. The van der Waals surface area contributed by atoms with E-state index < -0.39 is 0 Å². The van der Waals surface area contributed by atoms with Gasteiger partial charge in [0.1, 0.15) is 6.34 Å². The molecule has 0 aromatic carbocycles. The van der Waals surface area contributed by atoms with Gasteiger partial charge in [-0.05, 0) is 0 Å². The maximum Gasteiger partial charge on any atom is 0.162 e. The SMILES string of the molecule is ON1C=NN(O)C1. The number of hydrogen-bond acceptors (Lipinski definition) is 5. The molecule has 0 unspecified atom stereocenters. The fourth-order valence-corrected chi connectivity index (χ4v) is 0.322. The summed E-state index contributed by atoms with van der Waals surface area (Å²) in [5, 5.41) is 21.4. The molecule has 0 saturated heterocycles. The summed E-state index contributed by atoms with van der Waals surface area (Å²) in [5.41, 5.74) is 0. The second-order valence-electron chi connectivity index (χ2n) is 1.18. The van der Waals surface area contributed by atoms with Gasteiger partial charge in [0.15, 0.2) is 6.67 Å². The van der Waals surface area contributed by atoms with Crippen LogP contribution in [-0.4, -0.2) is 33.7 Å². The Morgan fingerprint density at radius 3 is 2.43 bits per heavy atom. The van der Waals surface area contributed by atoms with Crippen molar-refractivity contribution < 1.29 is 10.4 Å². The molecule has 1 aliphatic heterocycles. The molecular weight excluding hydrogens is 98.0 g/mol. The fourth-order valence-electron chi connectivity index (χ4n) is 0.322. The first kappa shape index (κ1) is 4.35. The summed E-state index contributed by atoms with van der Waals surface area (Å²) in [6.07, 6.45) is 1.11. The molecule has 2 N–H and O–H groups in total. The van der Waals surface area contributed by atoms with Crippen molar-refractivity contribution in [1.29, 1.82) is 0 Å². The van der Waals surface area contributed by atoms with E-state index in [1.165, 1.54) is 0 Å². The van der Waals surface area contributed by atoms with Gasteiger partial charge in [-0.3, -0.25) is 10.4 Å². The van der Waals surface area contributed by atoms with Crippen LogP contribution >= 0.6 is 0 Å². The minimum Gasteiger partial charge on any atom is -0.286 e. The zero-order chi connectivity index (χ0) is 5.28. The van der Waals surface area contributed by atoms with Crippen LogP contribution in [0.1, 0.15) is 0 Å². The number of rotatable bonds is 0. The van der Waals surface area contributed by atoms with Crippen LogP contribution in [0.4, 0.5) is 0 Å². The summed E-state index contributed by atoms with van der Waals surface area (Å²) in [5.74, 6) is 0. The van der Waals surface area contributed by atoms with Crippen molar-refractivity contribution in [2.45, 2.75) is 0 Å². The number of hydrazone groups is 1. The van der Waals surface area contributed by atoms with E-state index in [0.29, 0.717) is 5.17 Å². The van der Waals surface area contributed by atoms with Crippen molar-refractivity contribution in [3.05, 3.63) is 0 Å². The quantitative estimate of drug-likeness (QED) is 0.425.